The van der Waals surface area contributed by atoms with Crippen molar-refractivity contribution >= 4 is 17.7 Å². The second-order valence-electron chi connectivity index (χ2n) is 6.67. The van der Waals surface area contributed by atoms with E-state index < -0.39 is 0 Å². The molecule has 0 aliphatic heterocycles. The van der Waals surface area contributed by atoms with Crippen LogP contribution in [-0.2, 0) is 11.2 Å². The third-order valence-electron chi connectivity index (χ3n) is 4.68. The van der Waals surface area contributed by atoms with Crippen LogP contribution in [-0.4, -0.2) is 59.1 Å². The number of thioether (sulfide) groups is 1. The molecule has 7 nitrogen and oxygen atoms in total. The Morgan fingerprint density at radius 1 is 1.26 bits per heavy atom. The normalized spacial score (nSPS) is 13.5. The Morgan fingerprint density at radius 2 is 2.00 bits per heavy atom. The lowest BCUT2D eigenvalue weighted by Gasteiger charge is -2.17. The molecule has 1 aliphatic rings. The summed E-state index contributed by atoms with van der Waals surface area (Å²) in [6.45, 7) is 2.61. The Balaban J connectivity index is 1.51. The maximum atomic E-state index is 12.5. The van der Waals surface area contributed by atoms with Gasteiger partial charge in [0.15, 0.2) is 16.7 Å². The van der Waals surface area contributed by atoms with Gasteiger partial charge < -0.3 is 18.9 Å². The van der Waals surface area contributed by atoms with Crippen LogP contribution in [0, 0.1) is 6.92 Å². The van der Waals surface area contributed by atoms with Crippen molar-refractivity contribution in [3.63, 3.8) is 0 Å². The number of aryl methyl sites for hydroxylation is 1. The van der Waals surface area contributed by atoms with Gasteiger partial charge in [0.2, 0.25) is 5.91 Å². The first-order valence-corrected chi connectivity index (χ1v) is 10.0. The molecule has 0 radical (unpaired) electrons. The summed E-state index contributed by atoms with van der Waals surface area (Å²) in [5, 5.41) is 9.21. The fourth-order valence-electron chi connectivity index (χ4n) is 2.90. The molecule has 1 saturated carbocycles. The fourth-order valence-corrected chi connectivity index (χ4v) is 3.89. The molecule has 0 atom stereocenters. The summed E-state index contributed by atoms with van der Waals surface area (Å²) in [5.41, 5.74) is 1.10. The number of ether oxygens (including phenoxy) is 2. The second kappa shape index (κ2) is 8.65. The van der Waals surface area contributed by atoms with Crippen LogP contribution in [0.5, 0.6) is 11.5 Å². The number of carbonyl (C=O) groups excluding carboxylic acids is 1. The Hall–Kier alpha value is -2.22. The number of methoxy groups -OCH3 is 2. The molecule has 1 aliphatic carbocycles. The van der Waals surface area contributed by atoms with Crippen LogP contribution in [0.2, 0.25) is 0 Å². The van der Waals surface area contributed by atoms with Crippen molar-refractivity contribution in [2.75, 3.05) is 33.6 Å². The van der Waals surface area contributed by atoms with Crippen LogP contribution in [0.25, 0.3) is 0 Å². The maximum Gasteiger partial charge on any atom is 0.232 e. The number of benzene rings is 1. The molecule has 3 rings (SSSR count). The highest BCUT2D eigenvalue weighted by atomic mass is 32.2. The van der Waals surface area contributed by atoms with E-state index in [-0.39, 0.29) is 5.91 Å². The number of likely N-dealkylation sites (N-methyl/N-ethyl adjacent to an activating group) is 1. The predicted molar refractivity (Wildman–Crippen MR) is 105 cm³/mol. The second-order valence-corrected chi connectivity index (χ2v) is 7.62. The first kappa shape index (κ1) is 19.5. The Bertz CT molecular complexity index is 804. The Kier molecular flexibility index (Phi) is 6.26. The zero-order valence-corrected chi connectivity index (χ0v) is 17.1. The highest BCUT2D eigenvalue weighted by Crippen LogP contribution is 2.38. The minimum Gasteiger partial charge on any atom is -0.493 e. The number of nitrogens with zero attached hydrogens (tertiary/aromatic N) is 4. The van der Waals surface area contributed by atoms with Gasteiger partial charge in [0.05, 0.1) is 20.0 Å². The zero-order chi connectivity index (χ0) is 19.4. The molecule has 1 aromatic heterocycles. The van der Waals surface area contributed by atoms with Crippen LogP contribution >= 0.6 is 11.8 Å². The number of aromatic nitrogens is 3. The van der Waals surface area contributed by atoms with Gasteiger partial charge in [-0.15, -0.1) is 10.2 Å². The third-order valence-corrected chi connectivity index (χ3v) is 5.61. The maximum absolute atomic E-state index is 12.5. The summed E-state index contributed by atoms with van der Waals surface area (Å²) in [4.78, 5) is 14.2. The van der Waals surface area contributed by atoms with Crippen LogP contribution < -0.4 is 9.47 Å². The number of hydrogen-bond donors (Lipinski definition) is 0. The van der Waals surface area contributed by atoms with E-state index in [1.807, 2.05) is 32.2 Å². The number of rotatable bonds is 9. The molecule has 0 N–H and O–H groups in total. The van der Waals surface area contributed by atoms with Crippen molar-refractivity contribution < 1.29 is 14.3 Å². The summed E-state index contributed by atoms with van der Waals surface area (Å²) in [5.74, 6) is 2.79. The topological polar surface area (TPSA) is 69.5 Å². The van der Waals surface area contributed by atoms with Gasteiger partial charge in [-0.3, -0.25) is 4.79 Å². The largest absolute Gasteiger partial charge is 0.493 e. The van der Waals surface area contributed by atoms with Crippen molar-refractivity contribution in [2.45, 2.75) is 37.4 Å². The zero-order valence-electron chi connectivity index (χ0n) is 16.3. The van der Waals surface area contributed by atoms with Crippen LogP contribution in [0.15, 0.2) is 23.4 Å². The molecule has 2 aromatic rings. The van der Waals surface area contributed by atoms with Crippen molar-refractivity contribution in [1.82, 2.24) is 19.7 Å². The smallest absolute Gasteiger partial charge is 0.232 e. The molecule has 0 saturated heterocycles. The predicted octanol–water partition coefficient (Wildman–Crippen LogP) is 2.73. The molecule has 1 fully saturated rings. The average Bonchev–Trinajstić information content (AvgIpc) is 3.46. The molecule has 0 spiro atoms. The van der Waals surface area contributed by atoms with Gasteiger partial charge in [0.1, 0.15) is 5.82 Å². The van der Waals surface area contributed by atoms with Crippen molar-refractivity contribution in [3.05, 3.63) is 29.6 Å². The van der Waals surface area contributed by atoms with Gasteiger partial charge in [-0.05, 0) is 43.9 Å². The van der Waals surface area contributed by atoms with Gasteiger partial charge in [-0.2, -0.15) is 0 Å². The molecule has 146 valence electrons. The highest BCUT2D eigenvalue weighted by molar-refractivity contribution is 7.99. The molecular weight excluding hydrogens is 364 g/mol. The van der Waals surface area contributed by atoms with E-state index in [1.54, 1.807) is 19.1 Å². The molecule has 8 heteroatoms. The summed E-state index contributed by atoms with van der Waals surface area (Å²) < 4.78 is 12.7. The lowest BCUT2D eigenvalue weighted by atomic mass is 10.1. The Morgan fingerprint density at radius 3 is 2.67 bits per heavy atom. The standard InChI is InChI=1S/C19H26N4O3S/c1-13-20-21-19(23(13)15-6-7-15)27-12-18(24)22(2)10-9-14-5-8-16(25-3)17(11-14)26-4/h5,8,11,15H,6-7,9-10,12H2,1-4H3. The summed E-state index contributed by atoms with van der Waals surface area (Å²) >= 11 is 1.47. The lowest BCUT2D eigenvalue weighted by Crippen LogP contribution is -2.30. The SMILES string of the molecule is COc1ccc(CCN(C)C(=O)CSc2nnc(C)n2C2CC2)cc1OC. The van der Waals surface area contributed by atoms with E-state index in [0.717, 1.165) is 23.0 Å². The van der Waals surface area contributed by atoms with Crippen LogP contribution in [0.1, 0.15) is 30.3 Å². The highest BCUT2D eigenvalue weighted by Gasteiger charge is 2.28. The summed E-state index contributed by atoms with van der Waals surface area (Å²) in [7, 11) is 5.07. The molecule has 1 heterocycles. The Labute approximate surface area is 164 Å². The molecule has 0 unspecified atom stereocenters. The lowest BCUT2D eigenvalue weighted by molar-refractivity contribution is -0.127. The summed E-state index contributed by atoms with van der Waals surface area (Å²) in [6, 6.07) is 6.35. The van der Waals surface area contributed by atoms with Gasteiger partial charge >= 0.3 is 0 Å². The van der Waals surface area contributed by atoms with E-state index in [9.17, 15) is 4.79 Å². The third kappa shape index (κ3) is 4.74. The van der Waals surface area contributed by atoms with E-state index in [0.29, 0.717) is 29.8 Å². The summed E-state index contributed by atoms with van der Waals surface area (Å²) in [6.07, 6.45) is 3.10. The van der Waals surface area contributed by atoms with Crippen molar-refractivity contribution in [1.29, 1.82) is 0 Å². The molecule has 0 bridgehead atoms. The van der Waals surface area contributed by atoms with Gasteiger partial charge in [0.25, 0.3) is 0 Å². The number of amides is 1. The van der Waals surface area contributed by atoms with Crippen molar-refractivity contribution in [2.24, 2.45) is 0 Å². The quantitative estimate of drug-likeness (QED) is 0.613. The molecule has 1 aromatic carbocycles. The van der Waals surface area contributed by atoms with Gasteiger partial charge in [-0.1, -0.05) is 17.8 Å². The average molecular weight is 391 g/mol. The van der Waals surface area contributed by atoms with E-state index in [1.165, 1.54) is 24.6 Å². The van der Waals surface area contributed by atoms with Crippen LogP contribution in [0.3, 0.4) is 0 Å². The van der Waals surface area contributed by atoms with E-state index in [4.69, 9.17) is 9.47 Å². The fraction of sp³-hybridized carbons (Fsp3) is 0.526. The molecular formula is C19H26N4O3S. The molecule has 1 amide bonds. The van der Waals surface area contributed by atoms with Gasteiger partial charge in [0, 0.05) is 19.6 Å². The first-order chi connectivity index (χ1) is 13.0. The molecule has 27 heavy (non-hydrogen) atoms. The van der Waals surface area contributed by atoms with Crippen LogP contribution in [0.4, 0.5) is 0 Å². The van der Waals surface area contributed by atoms with Gasteiger partial charge in [-0.25, -0.2) is 0 Å². The number of carbonyl (C=O) groups is 1. The van der Waals surface area contributed by atoms with Crippen molar-refractivity contribution in [3.8, 4) is 11.5 Å². The number of hydrogen-bond acceptors (Lipinski definition) is 6. The van der Waals surface area contributed by atoms with E-state index in [2.05, 4.69) is 14.8 Å². The minimum absolute atomic E-state index is 0.0866. The van der Waals surface area contributed by atoms with E-state index >= 15 is 0 Å². The first-order valence-electron chi connectivity index (χ1n) is 9.02. The monoisotopic (exact) mass is 390 g/mol. The minimum atomic E-state index is 0.0866.